The molecule has 0 amide bonds. The van der Waals surface area contributed by atoms with E-state index in [1.807, 2.05) is 168 Å². The summed E-state index contributed by atoms with van der Waals surface area (Å²) in [7, 11) is 0. The summed E-state index contributed by atoms with van der Waals surface area (Å²) in [4.78, 5) is 58.2. The predicted octanol–water partition coefficient (Wildman–Crippen LogP) is 25.8. The fraction of sp³-hybridized carbons (Fsp3) is 0. The van der Waals surface area contributed by atoms with Crippen molar-refractivity contribution in [3.05, 3.63) is 431 Å². The average Bonchev–Trinajstić information content (AvgIpc) is 1.64. The molecule has 0 saturated carbocycles. The molecule has 0 spiro atoms. The maximum Gasteiger partial charge on any atom is 0.264 e. The maximum absolute atomic E-state index is 14.5. The van der Waals surface area contributed by atoms with Gasteiger partial charge in [-0.1, -0.05) is 315 Å². The van der Waals surface area contributed by atoms with Gasteiger partial charge in [-0.2, -0.15) is 0 Å². The molecule has 24 aromatic rings. The van der Waals surface area contributed by atoms with Gasteiger partial charge in [0.15, 0.2) is 0 Å². The Morgan fingerprint density at radius 2 is 0.470 bits per heavy atom. The van der Waals surface area contributed by atoms with Gasteiger partial charge >= 0.3 is 0 Å². The summed E-state index contributed by atoms with van der Waals surface area (Å²) in [5, 5.41) is 11.1. The van der Waals surface area contributed by atoms with Crippen molar-refractivity contribution in [3.63, 3.8) is 0 Å². The van der Waals surface area contributed by atoms with Crippen LogP contribution < -0.4 is 16.7 Å². The molecule has 0 N–H and O–H groups in total. The smallest absolute Gasteiger partial charge is 0.264 e. The van der Waals surface area contributed by atoms with E-state index in [-0.39, 0.29) is 16.7 Å². The molecule has 9 heteroatoms. The first-order valence-corrected chi connectivity index (χ1v) is 39.3. The van der Waals surface area contributed by atoms with E-state index in [4.69, 9.17) is 15.0 Å². The van der Waals surface area contributed by atoms with Gasteiger partial charge in [0.2, 0.25) is 0 Å². The third kappa shape index (κ3) is 11.4. The van der Waals surface area contributed by atoms with Gasteiger partial charge in [-0.3, -0.25) is 27.6 Å². The van der Waals surface area contributed by atoms with Crippen LogP contribution in [0.25, 0.3) is 215 Å². The fourth-order valence-electron chi connectivity index (χ4n) is 17.8. The highest BCUT2D eigenvalue weighted by molar-refractivity contribution is 6.24. The molecule has 0 aliphatic heterocycles. The molecule has 0 radical (unpaired) electrons. The first-order chi connectivity index (χ1) is 57.8. The van der Waals surface area contributed by atoms with Gasteiger partial charge in [0.25, 0.3) is 16.7 Å². The lowest BCUT2D eigenvalue weighted by Crippen LogP contribution is -2.14. The van der Waals surface area contributed by atoms with Crippen LogP contribution in [0.5, 0.6) is 0 Å². The average molecular weight is 1500 g/mol. The molecule has 0 unspecified atom stereocenters. The summed E-state index contributed by atoms with van der Waals surface area (Å²) < 4.78 is 5.42. The Balaban J connectivity index is 0.000000106. The SMILES string of the molecule is O=c1c2cc(-c3ccccc3)cc3c(-c4ccccc4)ccc(c32)c2nc3cc(-c4ccccc4)ccc3n12.O=c1c2cc(-c3ccccc3)cc3c(-c4ccccc4)ccc(c32)c2nc3ccc(-c4ccccc4)cc3n12.O=c1c2cc(-c3ccccc3)cc3c(-c4ccccc4)ccc(c32)c2nc3cccc(-c4ccccc4)c3n12. The number of para-hydroxylation sites is 1. The second kappa shape index (κ2) is 27.8. The monoisotopic (exact) mass is 1490 g/mol. The number of hydrogen-bond donors (Lipinski definition) is 0. The molecule has 546 valence electrons. The highest BCUT2D eigenvalue weighted by Crippen LogP contribution is 2.45. The first-order valence-electron chi connectivity index (χ1n) is 39.3. The predicted molar refractivity (Wildman–Crippen MR) is 484 cm³/mol. The van der Waals surface area contributed by atoms with Crippen LogP contribution >= 0.6 is 0 Å². The van der Waals surface area contributed by atoms with Gasteiger partial charge in [0, 0.05) is 54.0 Å². The molecule has 117 heavy (non-hydrogen) atoms. The van der Waals surface area contributed by atoms with Crippen LogP contribution in [0, 0.1) is 0 Å². The quantitative estimate of drug-likeness (QED) is 0.143. The second-order valence-electron chi connectivity index (χ2n) is 29.9. The molecule has 18 aromatic carbocycles. The van der Waals surface area contributed by atoms with Crippen LogP contribution in [0.4, 0.5) is 0 Å². The van der Waals surface area contributed by atoms with E-state index in [1.165, 1.54) is 0 Å². The van der Waals surface area contributed by atoms with E-state index in [2.05, 4.69) is 237 Å². The fourth-order valence-corrected chi connectivity index (χ4v) is 17.8. The van der Waals surface area contributed by atoms with Crippen molar-refractivity contribution in [2.75, 3.05) is 0 Å². The number of hydrogen-bond acceptors (Lipinski definition) is 6. The van der Waals surface area contributed by atoms with Crippen molar-refractivity contribution < 1.29 is 0 Å². The van der Waals surface area contributed by atoms with Crippen molar-refractivity contribution in [2.24, 2.45) is 0 Å². The second-order valence-corrected chi connectivity index (χ2v) is 29.9. The van der Waals surface area contributed by atoms with E-state index in [9.17, 15) is 14.4 Å². The normalized spacial score (nSPS) is 11.7. The zero-order valence-electron chi connectivity index (χ0n) is 63.0. The van der Waals surface area contributed by atoms with Crippen molar-refractivity contribution in [1.82, 2.24) is 28.2 Å². The van der Waals surface area contributed by atoms with Crippen LogP contribution in [-0.4, -0.2) is 28.2 Å². The summed E-state index contributed by atoms with van der Waals surface area (Å²) in [5.74, 6) is 0. The Morgan fingerprint density at radius 1 is 0.171 bits per heavy atom. The largest absolute Gasteiger partial charge is 0.268 e. The minimum atomic E-state index is -0.0450. The van der Waals surface area contributed by atoms with Gasteiger partial charge < -0.3 is 0 Å². The third-order valence-electron chi connectivity index (χ3n) is 23.2. The maximum atomic E-state index is 14.5. The summed E-state index contributed by atoms with van der Waals surface area (Å²) in [6, 6.07) is 137. The number of rotatable bonds is 9. The summed E-state index contributed by atoms with van der Waals surface area (Å²) in [5.41, 5.74) is 26.4. The van der Waals surface area contributed by atoms with Gasteiger partial charge in [-0.05, 0) is 196 Å². The van der Waals surface area contributed by atoms with Gasteiger partial charge in [0.05, 0.1) is 33.1 Å². The van der Waals surface area contributed by atoms with Crippen LogP contribution in [-0.2, 0) is 0 Å². The van der Waals surface area contributed by atoms with Crippen molar-refractivity contribution in [1.29, 1.82) is 0 Å². The number of imidazole rings is 3. The Bertz CT molecular complexity index is 8100. The zero-order valence-corrected chi connectivity index (χ0v) is 63.0. The van der Waals surface area contributed by atoms with Crippen LogP contribution in [0.15, 0.2) is 415 Å². The summed E-state index contributed by atoms with van der Waals surface area (Å²) in [6.07, 6.45) is 0. The van der Waals surface area contributed by atoms with E-state index in [1.54, 1.807) is 8.80 Å². The molecule has 6 aromatic heterocycles. The van der Waals surface area contributed by atoms with Crippen LogP contribution in [0.2, 0.25) is 0 Å². The topological polar surface area (TPSA) is 103 Å². The standard InChI is InChI=1S/3C36H22N2O/c39-36-31-22-26(23-11-4-1-5-12-23)21-30-27(24-13-6-2-7-14-24)19-20-29(33(30)31)35-37-32-18-10-17-28(34(32)38(35)36)25-15-8-3-9-16-25;39-36-31-21-27(24-12-6-2-7-13-24)20-30-28(25-14-8-3-9-15-25)17-18-29(34(30)31)35-37-32-22-26(16-19-33(32)38(35)36)23-10-4-1-5-11-23;39-36-31-21-27(24-12-6-2-7-13-24)20-30-28(25-14-8-3-9-15-25)17-18-29(34(30)31)35-37-32-19-16-26(22-33(32)38(35)36)23-10-4-1-5-11-23/h3*1-22H. The molecule has 9 nitrogen and oxygen atoms in total. The number of fused-ring (bicyclic) bond motifs is 12. The molecule has 0 aliphatic rings. The summed E-state index contributed by atoms with van der Waals surface area (Å²) >= 11 is 0. The molecule has 0 bridgehead atoms. The van der Waals surface area contributed by atoms with Crippen molar-refractivity contribution in [2.45, 2.75) is 0 Å². The van der Waals surface area contributed by atoms with E-state index in [0.717, 1.165) is 182 Å². The van der Waals surface area contributed by atoms with Gasteiger partial charge in [0.1, 0.15) is 16.9 Å². The molecule has 0 fully saturated rings. The lowest BCUT2D eigenvalue weighted by Gasteiger charge is -2.14. The van der Waals surface area contributed by atoms with Crippen LogP contribution in [0.1, 0.15) is 0 Å². The highest BCUT2D eigenvalue weighted by atomic mass is 16.1. The molecule has 24 rings (SSSR count). The van der Waals surface area contributed by atoms with Crippen molar-refractivity contribution in [3.8, 4) is 100 Å². The molecular formula is C108H66N6O3. The Morgan fingerprint density at radius 3 is 0.863 bits per heavy atom. The van der Waals surface area contributed by atoms with Crippen molar-refractivity contribution >= 4 is 115 Å². The Labute approximate surface area is 670 Å². The zero-order chi connectivity index (χ0) is 77.8. The minimum Gasteiger partial charge on any atom is -0.268 e. The van der Waals surface area contributed by atoms with E-state index in [0.29, 0.717) is 33.1 Å². The number of pyridine rings is 3. The lowest BCUT2D eigenvalue weighted by molar-refractivity contribution is 1.19. The highest BCUT2D eigenvalue weighted by Gasteiger charge is 2.25. The number of aromatic nitrogens is 6. The Hall–Kier alpha value is -15.8. The molecule has 0 atom stereocenters. The van der Waals surface area contributed by atoms with Gasteiger partial charge in [-0.15, -0.1) is 0 Å². The lowest BCUT2D eigenvalue weighted by atomic mass is 9.91. The molecular weight excluding hydrogens is 1430 g/mol. The van der Waals surface area contributed by atoms with Gasteiger partial charge in [-0.25, -0.2) is 15.0 Å². The third-order valence-corrected chi connectivity index (χ3v) is 23.2. The number of benzene rings is 18. The number of nitrogens with zero attached hydrogens (tertiary/aromatic N) is 6. The molecule has 0 aliphatic carbocycles. The summed E-state index contributed by atoms with van der Waals surface area (Å²) in [6.45, 7) is 0. The Kier molecular flexibility index (Phi) is 16.2. The van der Waals surface area contributed by atoms with Crippen LogP contribution in [0.3, 0.4) is 0 Å². The van der Waals surface area contributed by atoms with E-state index >= 15 is 0 Å². The first kappa shape index (κ1) is 68.0. The molecule has 0 saturated heterocycles. The minimum absolute atomic E-state index is 0.0412. The molecule has 6 heterocycles. The van der Waals surface area contributed by atoms with E-state index < -0.39 is 0 Å².